The van der Waals surface area contributed by atoms with Gasteiger partial charge in [0.15, 0.2) is 0 Å². The first-order valence-electron chi connectivity index (χ1n) is 3.85. The zero-order valence-corrected chi connectivity index (χ0v) is 7.85. The number of aliphatic hydroxyl groups excluding tert-OH is 1. The molecule has 0 aliphatic carbocycles. The number of hydrogen-bond acceptors (Lipinski definition) is 2. The molecular weight excluding hydrogens is 195 g/mol. The van der Waals surface area contributed by atoms with Crippen molar-refractivity contribution in [1.29, 1.82) is 0 Å². The Morgan fingerprint density at radius 3 is 2.69 bits per heavy atom. The molecule has 2 nitrogen and oxygen atoms in total. The third-order valence-electron chi connectivity index (χ3n) is 1.86. The van der Waals surface area contributed by atoms with Gasteiger partial charge < -0.3 is 10.2 Å². The zero-order valence-electron chi connectivity index (χ0n) is 7.09. The lowest BCUT2D eigenvalue weighted by atomic mass is 10.0. The SMILES string of the molecule is CC(CO)c1cc(F)cc(Cl)c1O. The Morgan fingerprint density at radius 1 is 1.54 bits per heavy atom. The van der Waals surface area contributed by atoms with Crippen LogP contribution in [-0.4, -0.2) is 16.8 Å². The largest absolute Gasteiger partial charge is 0.506 e. The summed E-state index contributed by atoms with van der Waals surface area (Å²) in [5.41, 5.74) is 0.326. The van der Waals surface area contributed by atoms with Gasteiger partial charge in [-0.3, -0.25) is 0 Å². The molecule has 0 aliphatic rings. The van der Waals surface area contributed by atoms with Crippen LogP contribution in [0.2, 0.25) is 5.02 Å². The lowest BCUT2D eigenvalue weighted by molar-refractivity contribution is 0.270. The number of aromatic hydroxyl groups is 1. The first kappa shape index (κ1) is 10.3. The number of phenols is 1. The van der Waals surface area contributed by atoms with Gasteiger partial charge >= 0.3 is 0 Å². The molecule has 0 aromatic heterocycles. The summed E-state index contributed by atoms with van der Waals surface area (Å²) in [4.78, 5) is 0. The lowest BCUT2D eigenvalue weighted by Crippen LogP contribution is -2.00. The Bertz CT molecular complexity index is 315. The summed E-state index contributed by atoms with van der Waals surface area (Å²) in [5.74, 6) is -1.00. The van der Waals surface area contributed by atoms with E-state index in [-0.39, 0.29) is 23.3 Å². The second kappa shape index (κ2) is 3.94. The van der Waals surface area contributed by atoms with Gasteiger partial charge in [-0.15, -0.1) is 0 Å². The number of aliphatic hydroxyl groups is 1. The molecule has 2 N–H and O–H groups in total. The average molecular weight is 205 g/mol. The first-order chi connectivity index (χ1) is 6.06. The monoisotopic (exact) mass is 204 g/mol. The molecule has 1 aromatic rings. The number of phenolic OH excluding ortho intramolecular Hbond substituents is 1. The van der Waals surface area contributed by atoms with Crippen LogP contribution in [0.15, 0.2) is 12.1 Å². The molecule has 4 heteroatoms. The van der Waals surface area contributed by atoms with Crippen molar-refractivity contribution in [2.75, 3.05) is 6.61 Å². The Kier molecular flexibility index (Phi) is 3.12. The molecule has 0 fully saturated rings. The summed E-state index contributed by atoms with van der Waals surface area (Å²) in [6.07, 6.45) is 0. The van der Waals surface area contributed by atoms with Crippen molar-refractivity contribution in [2.24, 2.45) is 0 Å². The third-order valence-corrected chi connectivity index (χ3v) is 2.15. The molecule has 0 radical (unpaired) electrons. The van der Waals surface area contributed by atoms with Gasteiger partial charge in [-0.2, -0.15) is 0 Å². The minimum Gasteiger partial charge on any atom is -0.506 e. The maximum atomic E-state index is 12.8. The fraction of sp³-hybridized carbons (Fsp3) is 0.333. The van der Waals surface area contributed by atoms with Crippen LogP contribution >= 0.6 is 11.6 Å². The van der Waals surface area contributed by atoms with E-state index >= 15 is 0 Å². The highest BCUT2D eigenvalue weighted by Gasteiger charge is 2.13. The second-order valence-corrected chi connectivity index (χ2v) is 3.32. The van der Waals surface area contributed by atoms with Crippen LogP contribution in [0.25, 0.3) is 0 Å². The molecule has 0 amide bonds. The van der Waals surface area contributed by atoms with Gasteiger partial charge in [0, 0.05) is 18.1 Å². The molecule has 13 heavy (non-hydrogen) atoms. The number of halogens is 2. The molecule has 0 bridgehead atoms. The lowest BCUT2D eigenvalue weighted by Gasteiger charge is -2.11. The molecule has 1 rings (SSSR count). The van der Waals surface area contributed by atoms with E-state index in [4.69, 9.17) is 16.7 Å². The number of benzene rings is 1. The van der Waals surface area contributed by atoms with Crippen LogP contribution in [0.3, 0.4) is 0 Å². The van der Waals surface area contributed by atoms with E-state index in [1.165, 1.54) is 6.07 Å². The summed E-state index contributed by atoms with van der Waals surface area (Å²) in [7, 11) is 0. The summed E-state index contributed by atoms with van der Waals surface area (Å²) in [6, 6.07) is 2.20. The molecule has 1 unspecified atom stereocenters. The standard InChI is InChI=1S/C9H10ClFO2/c1-5(4-12)7-2-6(11)3-8(10)9(7)13/h2-3,5,12-13H,4H2,1H3. The smallest absolute Gasteiger partial charge is 0.137 e. The molecule has 1 atom stereocenters. The van der Waals surface area contributed by atoms with E-state index in [0.717, 1.165) is 6.07 Å². The fourth-order valence-electron chi connectivity index (χ4n) is 1.06. The van der Waals surface area contributed by atoms with Gasteiger partial charge in [-0.25, -0.2) is 4.39 Å². The second-order valence-electron chi connectivity index (χ2n) is 2.91. The Morgan fingerprint density at radius 2 is 2.15 bits per heavy atom. The molecule has 72 valence electrons. The molecule has 0 heterocycles. The molecule has 0 saturated carbocycles. The highest BCUT2D eigenvalue weighted by molar-refractivity contribution is 6.32. The summed E-state index contributed by atoms with van der Waals surface area (Å²) < 4.78 is 12.8. The van der Waals surface area contributed by atoms with E-state index < -0.39 is 5.82 Å². The zero-order chi connectivity index (χ0) is 10.0. The van der Waals surface area contributed by atoms with E-state index in [2.05, 4.69) is 0 Å². The van der Waals surface area contributed by atoms with Crippen LogP contribution in [0.4, 0.5) is 4.39 Å². The van der Waals surface area contributed by atoms with Crippen molar-refractivity contribution in [3.05, 3.63) is 28.5 Å². The van der Waals surface area contributed by atoms with Crippen molar-refractivity contribution >= 4 is 11.6 Å². The van der Waals surface area contributed by atoms with Crippen LogP contribution in [0.1, 0.15) is 18.4 Å². The van der Waals surface area contributed by atoms with Crippen LogP contribution in [-0.2, 0) is 0 Å². The van der Waals surface area contributed by atoms with E-state index in [0.29, 0.717) is 5.56 Å². The van der Waals surface area contributed by atoms with Gasteiger partial charge in [0.2, 0.25) is 0 Å². The van der Waals surface area contributed by atoms with Gasteiger partial charge in [0.05, 0.1) is 5.02 Å². The third kappa shape index (κ3) is 2.11. The predicted octanol–water partition coefficient (Wildman–Crippen LogP) is 2.28. The van der Waals surface area contributed by atoms with E-state index in [9.17, 15) is 9.50 Å². The molecule has 0 saturated heterocycles. The van der Waals surface area contributed by atoms with Crippen LogP contribution < -0.4 is 0 Å². The Hall–Kier alpha value is -0.800. The normalized spacial score (nSPS) is 12.9. The number of rotatable bonds is 2. The van der Waals surface area contributed by atoms with E-state index in [1.807, 2.05) is 0 Å². The maximum Gasteiger partial charge on any atom is 0.137 e. The maximum absolute atomic E-state index is 12.8. The summed E-state index contributed by atoms with van der Waals surface area (Å²) >= 11 is 5.55. The van der Waals surface area contributed by atoms with Crippen molar-refractivity contribution in [1.82, 2.24) is 0 Å². The van der Waals surface area contributed by atoms with Crippen LogP contribution in [0.5, 0.6) is 5.75 Å². The van der Waals surface area contributed by atoms with E-state index in [1.54, 1.807) is 6.92 Å². The van der Waals surface area contributed by atoms with Crippen LogP contribution in [0, 0.1) is 5.82 Å². The predicted molar refractivity (Wildman–Crippen MR) is 48.6 cm³/mol. The Balaban J connectivity index is 3.20. The Labute approximate surface area is 80.6 Å². The van der Waals surface area contributed by atoms with Crippen molar-refractivity contribution in [2.45, 2.75) is 12.8 Å². The molecular formula is C9H10ClFO2. The summed E-state index contributed by atoms with van der Waals surface area (Å²) in [6.45, 7) is 1.51. The first-order valence-corrected chi connectivity index (χ1v) is 4.22. The highest BCUT2D eigenvalue weighted by atomic mass is 35.5. The average Bonchev–Trinajstić information content (AvgIpc) is 2.10. The van der Waals surface area contributed by atoms with Gasteiger partial charge in [-0.1, -0.05) is 18.5 Å². The minimum atomic E-state index is -0.516. The minimum absolute atomic E-state index is 0.0321. The van der Waals surface area contributed by atoms with Crippen molar-refractivity contribution in [3.8, 4) is 5.75 Å². The molecule has 1 aromatic carbocycles. The van der Waals surface area contributed by atoms with Crippen molar-refractivity contribution < 1.29 is 14.6 Å². The summed E-state index contributed by atoms with van der Waals surface area (Å²) in [5, 5.41) is 18.2. The quantitative estimate of drug-likeness (QED) is 0.776. The highest BCUT2D eigenvalue weighted by Crippen LogP contribution is 2.33. The number of hydrogen-bond donors (Lipinski definition) is 2. The van der Waals surface area contributed by atoms with Gasteiger partial charge in [0.1, 0.15) is 11.6 Å². The van der Waals surface area contributed by atoms with Gasteiger partial charge in [-0.05, 0) is 12.1 Å². The molecule has 0 spiro atoms. The van der Waals surface area contributed by atoms with Crippen molar-refractivity contribution in [3.63, 3.8) is 0 Å². The fourth-order valence-corrected chi connectivity index (χ4v) is 1.27. The van der Waals surface area contributed by atoms with Gasteiger partial charge in [0.25, 0.3) is 0 Å². The topological polar surface area (TPSA) is 40.5 Å². The molecule has 0 aliphatic heterocycles.